The minimum Gasteiger partial charge on any atom is -0.331 e. The van der Waals surface area contributed by atoms with Crippen molar-refractivity contribution in [2.24, 2.45) is 5.10 Å². The molecule has 0 saturated carbocycles. The van der Waals surface area contributed by atoms with Crippen molar-refractivity contribution in [2.75, 3.05) is 0 Å². The van der Waals surface area contributed by atoms with Gasteiger partial charge in [-0.25, -0.2) is 5.43 Å². The van der Waals surface area contributed by atoms with Crippen LogP contribution in [0.4, 0.5) is 0 Å². The molecule has 0 aliphatic rings. The molecule has 3 N–H and O–H groups in total. The summed E-state index contributed by atoms with van der Waals surface area (Å²) < 4.78 is 0.526. The van der Waals surface area contributed by atoms with Crippen LogP contribution in [0.2, 0.25) is 0 Å². The van der Waals surface area contributed by atoms with Crippen LogP contribution in [0, 0.1) is 4.77 Å². The third kappa shape index (κ3) is 3.03. The van der Waals surface area contributed by atoms with E-state index in [4.69, 9.17) is 12.2 Å². The molecule has 0 radical (unpaired) electrons. The Morgan fingerprint density at radius 2 is 1.95 bits per heavy atom. The zero-order chi connectivity index (χ0) is 14.7. The van der Waals surface area contributed by atoms with Crippen molar-refractivity contribution in [3.8, 4) is 0 Å². The second-order valence-electron chi connectivity index (χ2n) is 4.32. The fraction of sp³-hybridized carbons (Fsp3) is 0. The number of amides is 1. The molecular weight excluding hydrogens is 286 g/mol. The number of H-pyrrole nitrogens is 2. The Hall–Kier alpha value is -2.80. The minimum atomic E-state index is -0.289. The van der Waals surface area contributed by atoms with Gasteiger partial charge in [-0.15, -0.1) is 0 Å². The monoisotopic (exact) mass is 297 g/mol. The van der Waals surface area contributed by atoms with E-state index in [2.05, 4.69) is 25.5 Å². The molecule has 3 aromatic rings. The van der Waals surface area contributed by atoms with E-state index in [1.807, 2.05) is 0 Å². The summed E-state index contributed by atoms with van der Waals surface area (Å²) in [5, 5.41) is 3.91. The third-order valence-corrected chi connectivity index (χ3v) is 3.07. The van der Waals surface area contributed by atoms with Crippen molar-refractivity contribution in [1.82, 2.24) is 20.4 Å². The number of carbonyl (C=O) groups is 1. The van der Waals surface area contributed by atoms with Gasteiger partial charge < -0.3 is 9.97 Å². The number of imidazole rings is 1. The van der Waals surface area contributed by atoms with Gasteiger partial charge in [-0.2, -0.15) is 5.10 Å². The molecule has 7 heteroatoms. The average molecular weight is 297 g/mol. The predicted octanol–water partition coefficient (Wildman–Crippen LogP) is 2.38. The number of nitrogens with one attached hydrogen (secondary N) is 3. The van der Waals surface area contributed by atoms with Gasteiger partial charge in [0.2, 0.25) is 0 Å². The summed E-state index contributed by atoms with van der Waals surface area (Å²) in [6.45, 7) is 0. The van der Waals surface area contributed by atoms with Crippen molar-refractivity contribution in [2.45, 2.75) is 0 Å². The lowest BCUT2D eigenvalue weighted by molar-refractivity contribution is 0.0955. The average Bonchev–Trinajstić information content (AvgIpc) is 2.87. The molecule has 0 unspecified atom stereocenters. The first kappa shape index (κ1) is 13.2. The summed E-state index contributed by atoms with van der Waals surface area (Å²) in [4.78, 5) is 21.9. The molecule has 3 rings (SSSR count). The molecule has 0 aliphatic carbocycles. The number of nitrogens with zero attached hydrogens (tertiary/aromatic N) is 2. The van der Waals surface area contributed by atoms with Crippen LogP contribution >= 0.6 is 12.2 Å². The third-order valence-electron chi connectivity index (χ3n) is 2.86. The van der Waals surface area contributed by atoms with Crippen LogP contribution in [0.1, 0.15) is 15.9 Å². The Morgan fingerprint density at radius 3 is 2.76 bits per heavy atom. The van der Waals surface area contributed by atoms with Crippen LogP contribution in [-0.4, -0.2) is 27.1 Å². The van der Waals surface area contributed by atoms with Gasteiger partial charge in [-0.05, 0) is 48.1 Å². The maximum Gasteiger partial charge on any atom is 0.271 e. The minimum absolute atomic E-state index is 0.289. The number of hydrogen-bond acceptors (Lipinski definition) is 4. The van der Waals surface area contributed by atoms with Crippen LogP contribution in [0.3, 0.4) is 0 Å². The van der Waals surface area contributed by atoms with Gasteiger partial charge in [0, 0.05) is 18.0 Å². The Bertz CT molecular complexity index is 866. The molecule has 0 fully saturated rings. The summed E-state index contributed by atoms with van der Waals surface area (Å²) in [5.41, 5.74) is 5.48. The summed E-state index contributed by atoms with van der Waals surface area (Å²) in [6, 6.07) is 8.81. The predicted molar refractivity (Wildman–Crippen MR) is 82.8 cm³/mol. The molecular formula is C14H11N5OS. The van der Waals surface area contributed by atoms with Gasteiger partial charge in [0.15, 0.2) is 4.77 Å². The summed E-state index contributed by atoms with van der Waals surface area (Å²) in [7, 11) is 0. The number of carbonyl (C=O) groups excluding carboxylic acids is 1. The number of hydrazone groups is 1. The zero-order valence-corrected chi connectivity index (χ0v) is 11.6. The topological polar surface area (TPSA) is 85.9 Å². The van der Waals surface area contributed by atoms with E-state index in [-0.39, 0.29) is 5.91 Å². The number of benzene rings is 1. The standard InChI is InChI=1S/C14H11N5OS/c20-13(19-16-8-9-3-5-15-6-4-9)10-1-2-11-12(7-10)18-14(21)17-11/h1-8H,(H,19,20)(H2,17,18,21)/b16-8-. The molecule has 0 spiro atoms. The van der Waals surface area contributed by atoms with Gasteiger partial charge in [0.1, 0.15) is 0 Å². The number of pyridine rings is 1. The Morgan fingerprint density at radius 1 is 1.19 bits per heavy atom. The van der Waals surface area contributed by atoms with Gasteiger partial charge in [-0.1, -0.05) is 0 Å². The second kappa shape index (κ2) is 5.68. The summed E-state index contributed by atoms with van der Waals surface area (Å²) in [5.74, 6) is -0.289. The zero-order valence-electron chi connectivity index (χ0n) is 10.8. The molecule has 1 aromatic carbocycles. The highest BCUT2D eigenvalue weighted by Crippen LogP contribution is 2.12. The molecule has 21 heavy (non-hydrogen) atoms. The Kier molecular flexibility index (Phi) is 3.57. The van der Waals surface area contributed by atoms with Gasteiger partial charge in [0.05, 0.1) is 17.2 Å². The van der Waals surface area contributed by atoms with Gasteiger partial charge in [-0.3, -0.25) is 9.78 Å². The van der Waals surface area contributed by atoms with Gasteiger partial charge >= 0.3 is 0 Å². The first-order chi connectivity index (χ1) is 10.2. The van der Waals surface area contributed by atoms with Crippen LogP contribution in [0.15, 0.2) is 47.8 Å². The lowest BCUT2D eigenvalue weighted by atomic mass is 10.2. The van der Waals surface area contributed by atoms with E-state index in [9.17, 15) is 4.79 Å². The summed E-state index contributed by atoms with van der Waals surface area (Å²) in [6.07, 6.45) is 4.87. The largest absolute Gasteiger partial charge is 0.331 e. The Balaban J connectivity index is 1.74. The Labute approximate surface area is 124 Å². The van der Waals surface area contributed by atoms with Crippen molar-refractivity contribution in [3.05, 3.63) is 58.6 Å². The SMILES string of the molecule is O=C(N/N=C\c1ccncc1)c1ccc2[nH]c(=S)[nH]c2c1. The highest BCUT2D eigenvalue weighted by molar-refractivity contribution is 7.71. The smallest absolute Gasteiger partial charge is 0.271 e. The highest BCUT2D eigenvalue weighted by atomic mass is 32.1. The first-order valence-electron chi connectivity index (χ1n) is 6.18. The lowest BCUT2D eigenvalue weighted by Gasteiger charge is -1.99. The summed E-state index contributed by atoms with van der Waals surface area (Å²) >= 11 is 5.01. The molecule has 0 bridgehead atoms. The van der Waals surface area contributed by atoms with Crippen LogP contribution < -0.4 is 5.43 Å². The molecule has 0 aliphatic heterocycles. The molecule has 2 aromatic heterocycles. The van der Waals surface area contributed by atoms with E-state index in [1.54, 1.807) is 48.9 Å². The first-order valence-corrected chi connectivity index (χ1v) is 6.59. The number of aromatic amines is 2. The maximum absolute atomic E-state index is 12.0. The molecule has 6 nitrogen and oxygen atoms in total. The number of fused-ring (bicyclic) bond motifs is 1. The maximum atomic E-state index is 12.0. The van der Waals surface area contributed by atoms with Crippen molar-refractivity contribution < 1.29 is 4.79 Å². The molecule has 0 saturated heterocycles. The molecule has 2 heterocycles. The number of hydrogen-bond donors (Lipinski definition) is 3. The number of aromatic nitrogens is 3. The highest BCUT2D eigenvalue weighted by Gasteiger charge is 2.06. The van der Waals surface area contributed by atoms with Crippen LogP contribution in [0.25, 0.3) is 11.0 Å². The van der Waals surface area contributed by atoms with E-state index >= 15 is 0 Å². The second-order valence-corrected chi connectivity index (χ2v) is 4.73. The van der Waals surface area contributed by atoms with E-state index in [1.165, 1.54) is 0 Å². The van der Waals surface area contributed by atoms with Crippen molar-refractivity contribution >= 4 is 35.4 Å². The van der Waals surface area contributed by atoms with E-state index < -0.39 is 0 Å². The molecule has 0 atom stereocenters. The fourth-order valence-electron chi connectivity index (χ4n) is 1.85. The van der Waals surface area contributed by atoms with Crippen molar-refractivity contribution in [1.29, 1.82) is 0 Å². The number of rotatable bonds is 3. The van der Waals surface area contributed by atoms with Crippen LogP contribution in [-0.2, 0) is 0 Å². The van der Waals surface area contributed by atoms with E-state index in [0.717, 1.165) is 16.6 Å². The lowest BCUT2D eigenvalue weighted by Crippen LogP contribution is -2.17. The van der Waals surface area contributed by atoms with E-state index in [0.29, 0.717) is 10.3 Å². The van der Waals surface area contributed by atoms with Gasteiger partial charge in [0.25, 0.3) is 5.91 Å². The quantitative estimate of drug-likeness (QED) is 0.394. The molecule has 104 valence electrons. The van der Waals surface area contributed by atoms with Crippen molar-refractivity contribution in [3.63, 3.8) is 0 Å². The van der Waals surface area contributed by atoms with Crippen LogP contribution in [0.5, 0.6) is 0 Å². The normalized spacial score (nSPS) is 11.0. The molecule has 1 amide bonds. The fourth-order valence-corrected chi connectivity index (χ4v) is 2.07.